The van der Waals surface area contributed by atoms with E-state index < -0.39 is 0 Å². The van der Waals surface area contributed by atoms with Crippen LogP contribution in [0.25, 0.3) is 0 Å². The lowest BCUT2D eigenvalue weighted by atomic mass is 10.00. The first-order valence-electron chi connectivity index (χ1n) is 6.66. The molecule has 0 aromatic heterocycles. The summed E-state index contributed by atoms with van der Waals surface area (Å²) >= 11 is 0. The monoisotopic (exact) mass is 235 g/mol. The number of aryl methyl sites for hydroxylation is 1. The molecule has 0 aliphatic rings. The van der Waals surface area contributed by atoms with Crippen LogP contribution in [-0.2, 0) is 11.2 Å². The lowest BCUT2D eigenvalue weighted by molar-refractivity contribution is 0.0476. The van der Waals surface area contributed by atoms with E-state index >= 15 is 0 Å². The number of benzene rings is 1. The van der Waals surface area contributed by atoms with E-state index in [0.717, 1.165) is 19.6 Å². The maximum Gasteiger partial charge on any atom is 0.0741 e. The van der Waals surface area contributed by atoms with Crippen LogP contribution in [0.5, 0.6) is 0 Å². The smallest absolute Gasteiger partial charge is 0.0741 e. The number of hydrogen-bond acceptors (Lipinski definition) is 2. The van der Waals surface area contributed by atoms with Gasteiger partial charge in [-0.05, 0) is 37.9 Å². The summed E-state index contributed by atoms with van der Waals surface area (Å²) in [6, 6.07) is 9.12. The first-order chi connectivity index (χ1) is 8.22. The van der Waals surface area contributed by atoms with E-state index in [1.54, 1.807) is 0 Å². The fourth-order valence-corrected chi connectivity index (χ4v) is 2.09. The maximum atomic E-state index is 5.71. The largest absolute Gasteiger partial charge is 0.377 e. The predicted octanol–water partition coefficient (Wildman–Crippen LogP) is 3.32. The Morgan fingerprint density at radius 1 is 1.12 bits per heavy atom. The SMILES string of the molecule is CCNC(c1ccc(CC)cc1)C(C)OCC. The van der Waals surface area contributed by atoms with E-state index in [1.165, 1.54) is 11.1 Å². The van der Waals surface area contributed by atoms with Gasteiger partial charge in [0, 0.05) is 6.61 Å². The lowest BCUT2D eigenvalue weighted by Gasteiger charge is -2.25. The third-order valence-electron chi connectivity index (χ3n) is 3.07. The molecule has 0 aliphatic heterocycles. The van der Waals surface area contributed by atoms with E-state index in [2.05, 4.69) is 50.4 Å². The average Bonchev–Trinajstić information content (AvgIpc) is 2.36. The zero-order chi connectivity index (χ0) is 12.7. The molecule has 0 saturated carbocycles. The van der Waals surface area contributed by atoms with E-state index in [-0.39, 0.29) is 12.1 Å². The van der Waals surface area contributed by atoms with Crippen molar-refractivity contribution in [2.75, 3.05) is 13.2 Å². The fourth-order valence-electron chi connectivity index (χ4n) is 2.09. The van der Waals surface area contributed by atoms with E-state index in [0.29, 0.717) is 0 Å². The Morgan fingerprint density at radius 3 is 2.24 bits per heavy atom. The van der Waals surface area contributed by atoms with Gasteiger partial charge in [0.1, 0.15) is 0 Å². The highest BCUT2D eigenvalue weighted by atomic mass is 16.5. The third kappa shape index (κ3) is 4.14. The van der Waals surface area contributed by atoms with Crippen LogP contribution in [0.15, 0.2) is 24.3 Å². The Hall–Kier alpha value is -0.860. The molecule has 2 heteroatoms. The van der Waals surface area contributed by atoms with Crippen LogP contribution in [0.1, 0.15) is 44.9 Å². The number of nitrogens with one attached hydrogen (secondary N) is 1. The molecule has 1 rings (SSSR count). The molecule has 2 nitrogen and oxygen atoms in total. The van der Waals surface area contributed by atoms with Gasteiger partial charge >= 0.3 is 0 Å². The molecule has 0 radical (unpaired) electrons. The molecule has 1 N–H and O–H groups in total. The molecule has 0 spiro atoms. The van der Waals surface area contributed by atoms with E-state index in [1.807, 2.05) is 6.92 Å². The molecule has 0 heterocycles. The van der Waals surface area contributed by atoms with Gasteiger partial charge in [0.05, 0.1) is 12.1 Å². The molecule has 0 aliphatic carbocycles. The Balaban J connectivity index is 2.80. The van der Waals surface area contributed by atoms with Crippen LogP contribution in [0.3, 0.4) is 0 Å². The minimum Gasteiger partial charge on any atom is -0.377 e. The summed E-state index contributed by atoms with van der Waals surface area (Å²) in [4.78, 5) is 0. The number of ether oxygens (including phenoxy) is 1. The van der Waals surface area contributed by atoms with Gasteiger partial charge < -0.3 is 10.1 Å². The summed E-state index contributed by atoms with van der Waals surface area (Å²) in [5.41, 5.74) is 2.69. The van der Waals surface area contributed by atoms with E-state index in [9.17, 15) is 0 Å². The average molecular weight is 235 g/mol. The van der Waals surface area contributed by atoms with Gasteiger partial charge in [-0.1, -0.05) is 38.1 Å². The van der Waals surface area contributed by atoms with Crippen molar-refractivity contribution in [2.45, 2.75) is 46.3 Å². The quantitative estimate of drug-likeness (QED) is 0.782. The Morgan fingerprint density at radius 2 is 1.76 bits per heavy atom. The van der Waals surface area contributed by atoms with Crippen LogP contribution in [0.2, 0.25) is 0 Å². The highest BCUT2D eigenvalue weighted by Crippen LogP contribution is 2.20. The third-order valence-corrected chi connectivity index (χ3v) is 3.07. The van der Waals surface area contributed by atoms with Crippen LogP contribution in [0, 0.1) is 0 Å². The van der Waals surface area contributed by atoms with Crippen LogP contribution >= 0.6 is 0 Å². The second-order valence-electron chi connectivity index (χ2n) is 4.29. The fraction of sp³-hybridized carbons (Fsp3) is 0.600. The Bertz CT molecular complexity index is 307. The zero-order valence-electron chi connectivity index (χ0n) is 11.5. The van der Waals surface area contributed by atoms with Gasteiger partial charge in [-0.3, -0.25) is 0 Å². The number of rotatable bonds is 7. The number of likely N-dealkylation sites (N-methyl/N-ethyl adjacent to an activating group) is 1. The standard InChI is InChI=1S/C15H25NO/c1-5-13-8-10-14(11-9-13)15(16-6-2)12(4)17-7-3/h8-12,15-16H,5-7H2,1-4H3. The second-order valence-corrected chi connectivity index (χ2v) is 4.29. The topological polar surface area (TPSA) is 21.3 Å². The molecule has 1 aromatic rings. The number of hydrogen-bond donors (Lipinski definition) is 1. The summed E-state index contributed by atoms with van der Waals surface area (Å²) in [5, 5.41) is 3.50. The second kappa shape index (κ2) is 7.46. The summed E-state index contributed by atoms with van der Waals surface area (Å²) in [7, 11) is 0. The zero-order valence-corrected chi connectivity index (χ0v) is 11.5. The molecule has 0 saturated heterocycles. The molecule has 17 heavy (non-hydrogen) atoms. The van der Waals surface area contributed by atoms with Crippen molar-refractivity contribution >= 4 is 0 Å². The molecule has 0 bridgehead atoms. The highest BCUT2D eigenvalue weighted by Gasteiger charge is 2.18. The summed E-state index contributed by atoms with van der Waals surface area (Å²) < 4.78 is 5.71. The Kier molecular flexibility index (Phi) is 6.23. The molecule has 2 atom stereocenters. The minimum absolute atomic E-state index is 0.201. The van der Waals surface area contributed by atoms with Crippen molar-refractivity contribution in [3.8, 4) is 0 Å². The van der Waals surface area contributed by atoms with Gasteiger partial charge in [-0.2, -0.15) is 0 Å². The van der Waals surface area contributed by atoms with Crippen molar-refractivity contribution in [2.24, 2.45) is 0 Å². The normalized spacial score (nSPS) is 14.6. The van der Waals surface area contributed by atoms with Crippen molar-refractivity contribution < 1.29 is 4.74 Å². The first-order valence-corrected chi connectivity index (χ1v) is 6.66. The minimum atomic E-state index is 0.201. The lowest BCUT2D eigenvalue weighted by Crippen LogP contribution is -2.32. The highest BCUT2D eigenvalue weighted by molar-refractivity contribution is 5.25. The van der Waals surface area contributed by atoms with Crippen LogP contribution < -0.4 is 5.32 Å². The predicted molar refractivity (Wildman–Crippen MR) is 73.3 cm³/mol. The molecular formula is C15H25NO. The molecule has 96 valence electrons. The van der Waals surface area contributed by atoms with Gasteiger partial charge in [0.15, 0.2) is 0 Å². The van der Waals surface area contributed by atoms with Crippen LogP contribution in [-0.4, -0.2) is 19.3 Å². The summed E-state index contributed by atoms with van der Waals surface area (Å²) in [5.74, 6) is 0. The van der Waals surface area contributed by atoms with Gasteiger partial charge in [0.2, 0.25) is 0 Å². The molecular weight excluding hydrogens is 210 g/mol. The van der Waals surface area contributed by atoms with Crippen molar-refractivity contribution in [1.82, 2.24) is 5.32 Å². The molecule has 2 unspecified atom stereocenters. The molecule has 0 amide bonds. The van der Waals surface area contributed by atoms with Gasteiger partial charge in [-0.25, -0.2) is 0 Å². The van der Waals surface area contributed by atoms with Gasteiger partial charge in [0.25, 0.3) is 0 Å². The molecule has 1 aromatic carbocycles. The van der Waals surface area contributed by atoms with Gasteiger partial charge in [-0.15, -0.1) is 0 Å². The maximum absolute atomic E-state index is 5.71. The van der Waals surface area contributed by atoms with Crippen LogP contribution in [0.4, 0.5) is 0 Å². The van der Waals surface area contributed by atoms with Crippen molar-refractivity contribution in [3.63, 3.8) is 0 Å². The molecule has 0 fully saturated rings. The Labute approximate surface area is 105 Å². The first kappa shape index (κ1) is 14.2. The van der Waals surface area contributed by atoms with Crippen molar-refractivity contribution in [3.05, 3.63) is 35.4 Å². The summed E-state index contributed by atoms with van der Waals surface area (Å²) in [6.45, 7) is 10.2. The van der Waals surface area contributed by atoms with E-state index in [4.69, 9.17) is 4.74 Å². The summed E-state index contributed by atoms with van der Waals surface area (Å²) in [6.07, 6.45) is 1.29. The van der Waals surface area contributed by atoms with Crippen molar-refractivity contribution in [1.29, 1.82) is 0 Å².